The van der Waals surface area contributed by atoms with Gasteiger partial charge in [-0.05, 0) is 6.07 Å². The molecule has 0 saturated heterocycles. The van der Waals surface area contributed by atoms with Crippen LogP contribution in [0.4, 0.5) is 18.9 Å². The summed E-state index contributed by atoms with van der Waals surface area (Å²) in [6.45, 7) is -0.785. The van der Waals surface area contributed by atoms with Crippen molar-refractivity contribution in [3.63, 3.8) is 0 Å². The van der Waals surface area contributed by atoms with Crippen LogP contribution in [0, 0.1) is 10.1 Å². The van der Waals surface area contributed by atoms with Crippen LogP contribution in [0.25, 0.3) is 0 Å². The molecule has 5 nitrogen and oxygen atoms in total. The molecule has 0 atom stereocenters. The minimum absolute atomic E-state index is 0.300. The molecule has 0 radical (unpaired) electrons. The maximum atomic E-state index is 11.9. The van der Waals surface area contributed by atoms with E-state index in [4.69, 9.17) is 5.11 Å². The number of alkyl halides is 3. The number of rotatable bonds is 3. The summed E-state index contributed by atoms with van der Waals surface area (Å²) in [5, 5.41) is 19.1. The van der Waals surface area contributed by atoms with Crippen LogP contribution in [0.1, 0.15) is 5.56 Å². The molecule has 0 unspecified atom stereocenters. The fraction of sp³-hybridized carbons (Fsp3) is 0.250. The molecular weight excluding hydrogens is 231 g/mol. The number of hydrogen-bond acceptors (Lipinski definition) is 4. The van der Waals surface area contributed by atoms with Crippen LogP contribution < -0.4 is 4.74 Å². The molecule has 1 aromatic carbocycles. The summed E-state index contributed by atoms with van der Waals surface area (Å²) in [5.74, 6) is -0.652. The summed E-state index contributed by atoms with van der Waals surface area (Å²) >= 11 is 0. The fourth-order valence-electron chi connectivity index (χ4n) is 1.03. The zero-order valence-electron chi connectivity index (χ0n) is 7.69. The average Bonchev–Trinajstić information content (AvgIpc) is 2.15. The number of hydrogen-bond donors (Lipinski definition) is 1. The van der Waals surface area contributed by atoms with Gasteiger partial charge in [-0.15, -0.1) is 13.2 Å². The molecule has 1 N–H and O–H groups in total. The van der Waals surface area contributed by atoms with E-state index in [0.29, 0.717) is 0 Å². The Kier molecular flexibility index (Phi) is 3.33. The molecule has 0 spiro atoms. The number of nitro benzene ring substituents is 1. The molecule has 0 aliphatic carbocycles. The van der Waals surface area contributed by atoms with Gasteiger partial charge in [-0.1, -0.05) is 0 Å². The molecule has 8 heteroatoms. The molecule has 0 fully saturated rings. The first-order valence-electron chi connectivity index (χ1n) is 3.97. The monoisotopic (exact) mass is 237 g/mol. The Hall–Kier alpha value is -1.83. The number of benzene rings is 1. The number of halogens is 3. The van der Waals surface area contributed by atoms with Crippen molar-refractivity contribution in [2.45, 2.75) is 13.0 Å². The van der Waals surface area contributed by atoms with Crippen molar-refractivity contribution in [3.8, 4) is 5.75 Å². The predicted octanol–water partition coefficient (Wildman–Crippen LogP) is 1.99. The second-order valence-corrected chi connectivity index (χ2v) is 2.76. The first-order valence-corrected chi connectivity index (χ1v) is 3.97. The molecule has 1 rings (SSSR count). The normalized spacial score (nSPS) is 11.2. The lowest BCUT2D eigenvalue weighted by molar-refractivity contribution is -0.385. The third-order valence-corrected chi connectivity index (χ3v) is 1.65. The van der Waals surface area contributed by atoms with E-state index in [1.807, 2.05) is 0 Å². The van der Waals surface area contributed by atoms with E-state index in [-0.39, 0.29) is 5.56 Å². The molecule has 0 aliphatic heterocycles. The fourth-order valence-corrected chi connectivity index (χ4v) is 1.03. The largest absolute Gasteiger partial charge is 0.573 e. The summed E-state index contributed by atoms with van der Waals surface area (Å²) in [7, 11) is 0. The standard InChI is InChI=1S/C8H6F3NO4/c9-8(10,11)16-7-2-1-6(12(14)15)3-5(7)4-13/h1-3,13H,4H2. The van der Waals surface area contributed by atoms with Crippen molar-refractivity contribution in [2.75, 3.05) is 0 Å². The summed E-state index contributed by atoms with van der Waals surface area (Å²) in [5.41, 5.74) is -0.718. The Morgan fingerprint density at radius 1 is 1.44 bits per heavy atom. The topological polar surface area (TPSA) is 72.6 Å². The Balaban J connectivity index is 3.07. The van der Waals surface area contributed by atoms with Crippen LogP contribution >= 0.6 is 0 Å². The van der Waals surface area contributed by atoms with Gasteiger partial charge in [0, 0.05) is 17.7 Å². The highest BCUT2D eigenvalue weighted by atomic mass is 19.4. The maximum absolute atomic E-state index is 11.9. The second kappa shape index (κ2) is 4.35. The summed E-state index contributed by atoms with van der Waals surface area (Å²) in [6, 6.07) is 2.47. The van der Waals surface area contributed by atoms with Gasteiger partial charge in [-0.2, -0.15) is 0 Å². The summed E-state index contributed by atoms with van der Waals surface area (Å²) in [4.78, 5) is 9.55. The number of non-ortho nitro benzene ring substituents is 1. The van der Waals surface area contributed by atoms with Crippen molar-refractivity contribution in [1.29, 1.82) is 0 Å². The maximum Gasteiger partial charge on any atom is 0.573 e. The number of ether oxygens (including phenoxy) is 1. The van der Waals surface area contributed by atoms with Crippen molar-refractivity contribution in [2.24, 2.45) is 0 Å². The molecule has 16 heavy (non-hydrogen) atoms. The zero-order chi connectivity index (χ0) is 12.3. The van der Waals surface area contributed by atoms with E-state index >= 15 is 0 Å². The molecule has 0 bridgehead atoms. The van der Waals surface area contributed by atoms with E-state index < -0.39 is 29.3 Å². The Labute approximate surface area is 87.2 Å². The van der Waals surface area contributed by atoms with Gasteiger partial charge < -0.3 is 9.84 Å². The highest BCUT2D eigenvalue weighted by molar-refractivity contribution is 5.43. The van der Waals surface area contributed by atoms with Gasteiger partial charge in [-0.3, -0.25) is 10.1 Å². The molecule has 0 saturated carbocycles. The predicted molar refractivity (Wildman–Crippen MR) is 45.7 cm³/mol. The lowest BCUT2D eigenvalue weighted by Crippen LogP contribution is -2.18. The summed E-state index contributed by atoms with van der Waals surface area (Å²) < 4.78 is 39.2. The van der Waals surface area contributed by atoms with Crippen LogP contribution in [0.3, 0.4) is 0 Å². The van der Waals surface area contributed by atoms with Gasteiger partial charge in [0.1, 0.15) is 5.75 Å². The van der Waals surface area contributed by atoms with Crippen LogP contribution in [-0.4, -0.2) is 16.4 Å². The van der Waals surface area contributed by atoms with Gasteiger partial charge in [0.25, 0.3) is 5.69 Å². The SMILES string of the molecule is O=[N+]([O-])c1ccc(OC(F)(F)F)c(CO)c1. The van der Waals surface area contributed by atoms with Crippen LogP contribution in [0.2, 0.25) is 0 Å². The summed E-state index contributed by atoms with van der Waals surface area (Å²) in [6.07, 6.45) is -4.90. The molecule has 88 valence electrons. The number of nitro groups is 1. The quantitative estimate of drug-likeness (QED) is 0.644. The third kappa shape index (κ3) is 3.09. The molecular formula is C8H6F3NO4. The van der Waals surface area contributed by atoms with E-state index in [1.165, 1.54) is 0 Å². The molecule has 0 aromatic heterocycles. The van der Waals surface area contributed by atoms with Crippen molar-refractivity contribution < 1.29 is 27.9 Å². The van der Waals surface area contributed by atoms with E-state index in [2.05, 4.69) is 4.74 Å². The van der Waals surface area contributed by atoms with Crippen molar-refractivity contribution in [1.82, 2.24) is 0 Å². The first-order chi connectivity index (χ1) is 7.33. The van der Waals surface area contributed by atoms with Crippen LogP contribution in [0.5, 0.6) is 5.75 Å². The van der Waals surface area contributed by atoms with Gasteiger partial charge in [0.2, 0.25) is 0 Å². The zero-order valence-corrected chi connectivity index (χ0v) is 7.69. The minimum atomic E-state index is -4.90. The number of nitrogens with zero attached hydrogens (tertiary/aromatic N) is 1. The van der Waals surface area contributed by atoms with Crippen LogP contribution in [-0.2, 0) is 6.61 Å². The Morgan fingerprint density at radius 2 is 2.06 bits per heavy atom. The Morgan fingerprint density at radius 3 is 2.50 bits per heavy atom. The lowest BCUT2D eigenvalue weighted by Gasteiger charge is -2.11. The van der Waals surface area contributed by atoms with Gasteiger partial charge >= 0.3 is 6.36 Å². The highest BCUT2D eigenvalue weighted by Crippen LogP contribution is 2.29. The minimum Gasteiger partial charge on any atom is -0.405 e. The number of aliphatic hydroxyl groups excluding tert-OH is 1. The highest BCUT2D eigenvalue weighted by Gasteiger charge is 2.32. The van der Waals surface area contributed by atoms with Gasteiger partial charge in [0.15, 0.2) is 0 Å². The van der Waals surface area contributed by atoms with Gasteiger partial charge in [0.05, 0.1) is 11.5 Å². The van der Waals surface area contributed by atoms with Gasteiger partial charge in [-0.25, -0.2) is 0 Å². The number of aliphatic hydroxyl groups is 1. The van der Waals surface area contributed by atoms with E-state index in [1.54, 1.807) is 0 Å². The van der Waals surface area contributed by atoms with Crippen LogP contribution in [0.15, 0.2) is 18.2 Å². The second-order valence-electron chi connectivity index (χ2n) is 2.76. The lowest BCUT2D eigenvalue weighted by atomic mass is 10.2. The average molecular weight is 237 g/mol. The molecule has 0 aliphatic rings. The third-order valence-electron chi connectivity index (χ3n) is 1.65. The Bertz CT molecular complexity index is 405. The first kappa shape index (κ1) is 12.2. The molecule has 1 aromatic rings. The molecule has 0 amide bonds. The smallest absolute Gasteiger partial charge is 0.405 e. The van der Waals surface area contributed by atoms with E-state index in [9.17, 15) is 23.3 Å². The van der Waals surface area contributed by atoms with E-state index in [0.717, 1.165) is 18.2 Å². The molecule has 0 heterocycles. The van der Waals surface area contributed by atoms with Crippen molar-refractivity contribution >= 4 is 5.69 Å². The van der Waals surface area contributed by atoms with Crippen molar-refractivity contribution in [3.05, 3.63) is 33.9 Å².